The summed E-state index contributed by atoms with van der Waals surface area (Å²) >= 11 is 5.87. The van der Waals surface area contributed by atoms with Crippen molar-refractivity contribution in [3.05, 3.63) is 69.3 Å². The maximum atomic E-state index is 13.1. The summed E-state index contributed by atoms with van der Waals surface area (Å²) in [5.41, 5.74) is 0.773. The smallest absolute Gasteiger partial charge is 0.192 e. The third-order valence-electron chi connectivity index (χ3n) is 3.21. The molecule has 2 rings (SSSR count). The van der Waals surface area contributed by atoms with E-state index in [9.17, 15) is 18.1 Å². The van der Waals surface area contributed by atoms with E-state index in [1.54, 1.807) is 30.3 Å². The normalized spacial score (nSPS) is 11.8. The standard InChI is InChI=1S/C17H13ClFNO3S/c1-23-15-6-2-12(3-7-15)11-24(21,22)16(10-20)8-13-4-5-14(19)9-17(13)18/h2-9H,11H2,1H3. The van der Waals surface area contributed by atoms with Crippen molar-refractivity contribution >= 4 is 27.5 Å². The van der Waals surface area contributed by atoms with Gasteiger partial charge in [-0.2, -0.15) is 5.26 Å². The number of methoxy groups -OCH3 is 1. The summed E-state index contributed by atoms with van der Waals surface area (Å²) in [6.07, 6.45) is 1.14. The maximum absolute atomic E-state index is 13.1. The zero-order valence-electron chi connectivity index (χ0n) is 12.7. The second-order valence-corrected chi connectivity index (χ2v) is 7.26. The van der Waals surface area contributed by atoms with Crippen LogP contribution in [-0.2, 0) is 15.6 Å². The van der Waals surface area contributed by atoms with E-state index < -0.39 is 20.6 Å². The number of nitriles is 1. The van der Waals surface area contributed by atoms with Crippen LogP contribution in [0, 0.1) is 17.1 Å². The first-order valence-corrected chi connectivity index (χ1v) is 8.81. The second kappa shape index (κ2) is 7.47. The van der Waals surface area contributed by atoms with E-state index in [1.807, 2.05) is 0 Å². The average Bonchev–Trinajstić information content (AvgIpc) is 2.54. The molecule has 0 saturated carbocycles. The quantitative estimate of drug-likeness (QED) is 0.752. The Morgan fingerprint density at radius 1 is 1.29 bits per heavy atom. The van der Waals surface area contributed by atoms with Crippen LogP contribution in [0.15, 0.2) is 47.4 Å². The molecule has 4 nitrogen and oxygen atoms in total. The van der Waals surface area contributed by atoms with Crippen LogP contribution in [-0.4, -0.2) is 15.5 Å². The molecule has 0 N–H and O–H groups in total. The lowest BCUT2D eigenvalue weighted by molar-refractivity contribution is 0.414. The molecule has 124 valence electrons. The number of allylic oxidation sites excluding steroid dienone is 1. The number of hydrogen-bond donors (Lipinski definition) is 0. The Kier molecular flexibility index (Phi) is 5.60. The molecule has 2 aromatic rings. The van der Waals surface area contributed by atoms with Crippen molar-refractivity contribution in [2.24, 2.45) is 0 Å². The van der Waals surface area contributed by atoms with Gasteiger partial charge < -0.3 is 4.74 Å². The molecule has 0 heterocycles. The summed E-state index contributed by atoms with van der Waals surface area (Å²) in [6.45, 7) is 0. The van der Waals surface area contributed by atoms with Crippen molar-refractivity contribution in [2.75, 3.05) is 7.11 Å². The monoisotopic (exact) mass is 365 g/mol. The van der Waals surface area contributed by atoms with Gasteiger partial charge in [-0.15, -0.1) is 0 Å². The summed E-state index contributed by atoms with van der Waals surface area (Å²) in [5, 5.41) is 9.22. The summed E-state index contributed by atoms with van der Waals surface area (Å²) in [4.78, 5) is -0.438. The Bertz CT molecular complexity index is 916. The molecular formula is C17H13ClFNO3S. The van der Waals surface area contributed by atoms with E-state index in [0.29, 0.717) is 11.3 Å². The molecular weight excluding hydrogens is 353 g/mol. The second-order valence-electron chi connectivity index (χ2n) is 4.89. The summed E-state index contributed by atoms with van der Waals surface area (Å²) in [6, 6.07) is 11.7. The topological polar surface area (TPSA) is 67.2 Å². The lowest BCUT2D eigenvalue weighted by Crippen LogP contribution is -2.06. The highest BCUT2D eigenvalue weighted by atomic mass is 35.5. The largest absolute Gasteiger partial charge is 0.497 e. The molecule has 0 spiro atoms. The predicted molar refractivity (Wildman–Crippen MR) is 90.6 cm³/mol. The number of halogens is 2. The van der Waals surface area contributed by atoms with Crippen LogP contribution in [0.4, 0.5) is 4.39 Å². The van der Waals surface area contributed by atoms with Crippen molar-refractivity contribution in [1.29, 1.82) is 5.26 Å². The van der Waals surface area contributed by atoms with Gasteiger partial charge in [0.15, 0.2) is 9.84 Å². The van der Waals surface area contributed by atoms with Crippen LogP contribution in [0.1, 0.15) is 11.1 Å². The fourth-order valence-corrected chi connectivity index (χ4v) is 3.42. The molecule has 0 unspecified atom stereocenters. The van der Waals surface area contributed by atoms with Crippen molar-refractivity contribution in [2.45, 2.75) is 5.75 Å². The fraction of sp³-hybridized carbons (Fsp3) is 0.118. The molecule has 7 heteroatoms. The molecule has 0 aliphatic rings. The van der Waals surface area contributed by atoms with E-state index in [2.05, 4.69) is 0 Å². The lowest BCUT2D eigenvalue weighted by atomic mass is 10.2. The van der Waals surface area contributed by atoms with Gasteiger partial charge in [-0.1, -0.05) is 29.8 Å². The number of benzene rings is 2. The van der Waals surface area contributed by atoms with E-state index in [-0.39, 0.29) is 16.3 Å². The highest BCUT2D eigenvalue weighted by molar-refractivity contribution is 7.95. The average molecular weight is 366 g/mol. The molecule has 0 aliphatic carbocycles. The molecule has 0 aromatic heterocycles. The van der Waals surface area contributed by atoms with Crippen LogP contribution >= 0.6 is 11.6 Å². The van der Waals surface area contributed by atoms with Gasteiger partial charge in [0.25, 0.3) is 0 Å². The molecule has 0 radical (unpaired) electrons. The minimum Gasteiger partial charge on any atom is -0.497 e. The summed E-state index contributed by atoms with van der Waals surface area (Å²) in [7, 11) is -2.35. The van der Waals surface area contributed by atoms with E-state index in [4.69, 9.17) is 16.3 Å². The van der Waals surface area contributed by atoms with Gasteiger partial charge in [0.2, 0.25) is 0 Å². The van der Waals surface area contributed by atoms with Crippen molar-refractivity contribution in [3.63, 3.8) is 0 Å². The van der Waals surface area contributed by atoms with Gasteiger partial charge in [0.1, 0.15) is 22.5 Å². The van der Waals surface area contributed by atoms with Crippen molar-refractivity contribution < 1.29 is 17.5 Å². The van der Waals surface area contributed by atoms with Gasteiger partial charge >= 0.3 is 0 Å². The van der Waals surface area contributed by atoms with Gasteiger partial charge in [-0.3, -0.25) is 0 Å². The summed E-state index contributed by atoms with van der Waals surface area (Å²) in [5.74, 6) is -0.281. The zero-order valence-corrected chi connectivity index (χ0v) is 14.2. The Morgan fingerprint density at radius 3 is 2.50 bits per heavy atom. The molecule has 0 aliphatic heterocycles. The number of ether oxygens (including phenoxy) is 1. The Labute approximate surface area is 144 Å². The minimum atomic E-state index is -3.86. The predicted octanol–water partition coefficient (Wildman–Crippen LogP) is 3.97. The van der Waals surface area contributed by atoms with E-state index >= 15 is 0 Å². The molecule has 0 saturated heterocycles. The van der Waals surface area contributed by atoms with Crippen molar-refractivity contribution in [3.8, 4) is 11.8 Å². The van der Waals surface area contributed by atoms with Gasteiger partial charge in [0, 0.05) is 0 Å². The highest BCUT2D eigenvalue weighted by Gasteiger charge is 2.19. The minimum absolute atomic E-state index is 0.0300. The first kappa shape index (κ1) is 18.0. The van der Waals surface area contributed by atoms with Gasteiger partial charge in [-0.05, 0) is 41.5 Å². The molecule has 2 aromatic carbocycles. The third kappa shape index (κ3) is 4.34. The fourth-order valence-electron chi connectivity index (χ4n) is 1.97. The number of nitrogens with zero attached hydrogens (tertiary/aromatic N) is 1. The van der Waals surface area contributed by atoms with Gasteiger partial charge in [0.05, 0.1) is 17.9 Å². The van der Waals surface area contributed by atoms with Crippen LogP contribution < -0.4 is 4.74 Å². The first-order valence-electron chi connectivity index (χ1n) is 6.78. The molecule has 0 fully saturated rings. The van der Waals surface area contributed by atoms with Gasteiger partial charge in [-0.25, -0.2) is 12.8 Å². The molecule has 0 bridgehead atoms. The molecule has 24 heavy (non-hydrogen) atoms. The highest BCUT2D eigenvalue weighted by Crippen LogP contribution is 2.23. The first-order chi connectivity index (χ1) is 11.4. The molecule has 0 atom stereocenters. The molecule has 0 amide bonds. The van der Waals surface area contributed by atoms with E-state index in [0.717, 1.165) is 18.2 Å². The Morgan fingerprint density at radius 2 is 1.96 bits per heavy atom. The maximum Gasteiger partial charge on any atom is 0.192 e. The van der Waals surface area contributed by atoms with E-state index in [1.165, 1.54) is 13.2 Å². The number of rotatable bonds is 5. The lowest BCUT2D eigenvalue weighted by Gasteiger charge is -2.05. The van der Waals surface area contributed by atoms with Crippen LogP contribution in [0.5, 0.6) is 5.75 Å². The Hall–Kier alpha value is -2.36. The Balaban J connectivity index is 2.33. The zero-order chi connectivity index (χ0) is 17.7. The van der Waals surface area contributed by atoms with Crippen LogP contribution in [0.25, 0.3) is 6.08 Å². The van der Waals surface area contributed by atoms with Crippen LogP contribution in [0.2, 0.25) is 5.02 Å². The SMILES string of the molecule is COc1ccc(CS(=O)(=O)C(C#N)=Cc2ccc(F)cc2Cl)cc1. The summed E-state index contributed by atoms with van der Waals surface area (Å²) < 4.78 is 42.9. The van der Waals surface area contributed by atoms with Crippen LogP contribution in [0.3, 0.4) is 0 Å². The number of hydrogen-bond acceptors (Lipinski definition) is 4. The third-order valence-corrected chi connectivity index (χ3v) is 5.13. The van der Waals surface area contributed by atoms with Crippen molar-refractivity contribution in [1.82, 2.24) is 0 Å². The number of sulfone groups is 1.